The molecule has 8 heteroatoms. The summed E-state index contributed by atoms with van der Waals surface area (Å²) in [6.07, 6.45) is 1.75. The van der Waals surface area contributed by atoms with Gasteiger partial charge in [-0.15, -0.1) is 11.3 Å². The fourth-order valence-corrected chi connectivity index (χ4v) is 4.43. The van der Waals surface area contributed by atoms with Crippen LogP contribution in [0.25, 0.3) is 0 Å². The lowest BCUT2D eigenvalue weighted by Gasteiger charge is -2.10. The van der Waals surface area contributed by atoms with E-state index in [1.165, 1.54) is 11.8 Å². The quantitative estimate of drug-likeness (QED) is 0.477. The highest BCUT2D eigenvalue weighted by atomic mass is 79.9. The largest absolute Gasteiger partial charge is 0.316 e. The predicted molar refractivity (Wildman–Crippen MR) is 103 cm³/mol. The van der Waals surface area contributed by atoms with Crippen molar-refractivity contribution in [2.45, 2.75) is 16.7 Å². The molecule has 1 N–H and O–H groups in total. The monoisotopic (exact) mass is 445 g/mol. The normalized spacial score (nSPS) is 10.8. The van der Waals surface area contributed by atoms with Crippen LogP contribution in [-0.4, -0.2) is 9.97 Å². The van der Waals surface area contributed by atoms with Gasteiger partial charge in [0.2, 0.25) is 0 Å². The molecular formula is C15H10BrCl2N3S2. The van der Waals surface area contributed by atoms with Crippen LogP contribution in [-0.2, 0) is 0 Å². The molecule has 3 rings (SSSR count). The predicted octanol–water partition coefficient (Wildman–Crippen LogP) is 6.81. The number of rotatable bonds is 4. The van der Waals surface area contributed by atoms with Crippen molar-refractivity contribution in [3.05, 3.63) is 56.1 Å². The van der Waals surface area contributed by atoms with Gasteiger partial charge in [-0.25, -0.2) is 9.97 Å². The Hall–Kier alpha value is -0.790. The Kier molecular flexibility index (Phi) is 5.49. The van der Waals surface area contributed by atoms with Gasteiger partial charge in [-0.1, -0.05) is 41.0 Å². The Morgan fingerprint density at radius 1 is 1.26 bits per heavy atom. The van der Waals surface area contributed by atoms with Gasteiger partial charge in [-0.2, -0.15) is 0 Å². The molecule has 0 aliphatic heterocycles. The van der Waals surface area contributed by atoms with Crippen molar-refractivity contribution < 1.29 is 0 Å². The Balaban J connectivity index is 1.89. The highest BCUT2D eigenvalue weighted by molar-refractivity contribution is 9.10. The third kappa shape index (κ3) is 4.19. The minimum absolute atomic E-state index is 0.622. The summed E-state index contributed by atoms with van der Waals surface area (Å²) < 4.78 is 0.874. The summed E-state index contributed by atoms with van der Waals surface area (Å²) in [7, 11) is 0. The molecule has 2 aromatic heterocycles. The molecule has 3 nitrogen and oxygen atoms in total. The number of aromatic nitrogens is 2. The fraction of sp³-hybridized carbons (Fsp3) is 0.0667. The molecule has 0 saturated heterocycles. The van der Waals surface area contributed by atoms with Gasteiger partial charge < -0.3 is 5.32 Å². The topological polar surface area (TPSA) is 37.8 Å². The maximum absolute atomic E-state index is 6.24. The smallest absolute Gasteiger partial charge is 0.188 e. The van der Waals surface area contributed by atoms with Crippen molar-refractivity contribution >= 4 is 73.2 Å². The van der Waals surface area contributed by atoms with E-state index in [1.54, 1.807) is 17.5 Å². The van der Waals surface area contributed by atoms with Crippen LogP contribution in [0.2, 0.25) is 10.0 Å². The van der Waals surface area contributed by atoms with Crippen molar-refractivity contribution in [2.24, 2.45) is 0 Å². The molecule has 0 aliphatic rings. The highest BCUT2D eigenvalue weighted by Crippen LogP contribution is 2.41. The Morgan fingerprint density at radius 3 is 2.65 bits per heavy atom. The molecule has 23 heavy (non-hydrogen) atoms. The first kappa shape index (κ1) is 17.0. The Labute approximate surface area is 160 Å². The third-order valence-corrected chi connectivity index (χ3v) is 6.63. The molecule has 0 saturated carbocycles. The summed E-state index contributed by atoms with van der Waals surface area (Å²) in [5, 5.41) is 7.24. The van der Waals surface area contributed by atoms with E-state index in [4.69, 9.17) is 23.2 Å². The number of halogens is 3. The number of pyridine rings is 1. The van der Waals surface area contributed by atoms with Crippen LogP contribution in [0.3, 0.4) is 0 Å². The molecule has 3 aromatic rings. The highest BCUT2D eigenvalue weighted by Gasteiger charge is 2.11. The lowest BCUT2D eigenvalue weighted by atomic mass is 10.4. The average Bonchev–Trinajstić information content (AvgIpc) is 2.91. The average molecular weight is 447 g/mol. The van der Waals surface area contributed by atoms with Gasteiger partial charge in [0, 0.05) is 25.8 Å². The number of thiazole rings is 1. The summed E-state index contributed by atoms with van der Waals surface area (Å²) in [6.45, 7) is 1.96. The number of anilines is 2. The summed E-state index contributed by atoms with van der Waals surface area (Å²) in [6, 6.07) is 7.41. The summed E-state index contributed by atoms with van der Waals surface area (Å²) in [4.78, 5) is 10.5. The maximum atomic E-state index is 6.24. The second kappa shape index (κ2) is 7.40. The molecule has 0 atom stereocenters. The van der Waals surface area contributed by atoms with E-state index in [0.29, 0.717) is 15.9 Å². The van der Waals surface area contributed by atoms with E-state index in [-0.39, 0.29) is 0 Å². The van der Waals surface area contributed by atoms with Crippen molar-refractivity contribution in [1.82, 2.24) is 9.97 Å². The standard InChI is InChI=1S/C15H10BrCl2N3S2/c1-8-7-22-15(20-8)21-13-5-12(9(16)6-19-13)23-14-10(17)3-2-4-11(14)18/h2-7H,1H3,(H,19,20,21). The first-order chi connectivity index (χ1) is 11.0. The number of aryl methyl sites for hydroxylation is 1. The van der Waals surface area contributed by atoms with Gasteiger partial charge in [0.1, 0.15) is 5.82 Å². The Morgan fingerprint density at radius 2 is 2.00 bits per heavy atom. The third-order valence-electron chi connectivity index (χ3n) is 2.81. The molecule has 0 spiro atoms. The van der Waals surface area contributed by atoms with Gasteiger partial charge in [0.15, 0.2) is 5.13 Å². The van der Waals surface area contributed by atoms with Gasteiger partial charge in [-0.05, 0) is 41.1 Å². The van der Waals surface area contributed by atoms with Crippen LogP contribution >= 0.6 is 62.2 Å². The van der Waals surface area contributed by atoms with Gasteiger partial charge in [-0.3, -0.25) is 0 Å². The zero-order valence-electron chi connectivity index (χ0n) is 11.8. The van der Waals surface area contributed by atoms with Crippen LogP contribution < -0.4 is 5.32 Å². The van der Waals surface area contributed by atoms with Crippen LogP contribution in [0, 0.1) is 6.92 Å². The summed E-state index contributed by atoms with van der Waals surface area (Å²) in [5.74, 6) is 0.716. The molecule has 118 valence electrons. The van der Waals surface area contributed by atoms with Crippen molar-refractivity contribution in [1.29, 1.82) is 0 Å². The van der Waals surface area contributed by atoms with E-state index in [2.05, 4.69) is 31.2 Å². The molecule has 2 heterocycles. The zero-order chi connectivity index (χ0) is 16.4. The number of benzene rings is 1. The first-order valence-corrected chi connectivity index (χ1v) is 9.74. The molecule has 0 amide bonds. The van der Waals surface area contributed by atoms with Gasteiger partial charge in [0.05, 0.1) is 15.7 Å². The van der Waals surface area contributed by atoms with E-state index in [0.717, 1.165) is 25.1 Å². The van der Waals surface area contributed by atoms with E-state index >= 15 is 0 Å². The lowest BCUT2D eigenvalue weighted by molar-refractivity contribution is 1.20. The second-order valence-corrected chi connectivity index (χ2v) is 8.15. The molecule has 1 aromatic carbocycles. The van der Waals surface area contributed by atoms with E-state index < -0.39 is 0 Å². The summed E-state index contributed by atoms with van der Waals surface area (Å²) >= 11 is 19.0. The van der Waals surface area contributed by atoms with Crippen molar-refractivity contribution in [3.63, 3.8) is 0 Å². The maximum Gasteiger partial charge on any atom is 0.188 e. The molecule has 0 bridgehead atoms. The van der Waals surface area contributed by atoms with E-state index in [9.17, 15) is 0 Å². The number of nitrogens with zero attached hydrogens (tertiary/aromatic N) is 2. The van der Waals surface area contributed by atoms with Gasteiger partial charge in [0.25, 0.3) is 0 Å². The Bertz CT molecular complexity index is 834. The minimum atomic E-state index is 0.622. The first-order valence-electron chi connectivity index (χ1n) is 6.49. The molecule has 0 fully saturated rings. The molecule has 0 unspecified atom stereocenters. The van der Waals surface area contributed by atoms with E-state index in [1.807, 2.05) is 36.6 Å². The van der Waals surface area contributed by atoms with Gasteiger partial charge >= 0.3 is 0 Å². The summed E-state index contributed by atoms with van der Waals surface area (Å²) in [5.41, 5.74) is 0.979. The van der Waals surface area contributed by atoms with Crippen molar-refractivity contribution in [3.8, 4) is 0 Å². The molecule has 0 radical (unpaired) electrons. The number of hydrogen-bond acceptors (Lipinski definition) is 5. The zero-order valence-corrected chi connectivity index (χ0v) is 16.5. The van der Waals surface area contributed by atoms with Crippen LogP contribution in [0.1, 0.15) is 5.69 Å². The van der Waals surface area contributed by atoms with Crippen LogP contribution in [0.4, 0.5) is 10.9 Å². The molecule has 0 aliphatic carbocycles. The molecular weight excluding hydrogens is 437 g/mol. The fourth-order valence-electron chi connectivity index (χ4n) is 1.78. The number of hydrogen-bond donors (Lipinski definition) is 1. The minimum Gasteiger partial charge on any atom is -0.316 e. The van der Waals surface area contributed by atoms with Crippen molar-refractivity contribution in [2.75, 3.05) is 5.32 Å². The second-order valence-electron chi connectivity index (χ2n) is 4.57. The van der Waals surface area contributed by atoms with Crippen LogP contribution in [0.15, 0.2) is 50.1 Å². The van der Waals surface area contributed by atoms with Crippen LogP contribution in [0.5, 0.6) is 0 Å². The lowest BCUT2D eigenvalue weighted by Crippen LogP contribution is -1.94. The SMILES string of the molecule is Cc1csc(Nc2cc(Sc3c(Cl)cccc3Cl)c(Br)cn2)n1. The number of nitrogens with one attached hydrogen (secondary N) is 1.